The van der Waals surface area contributed by atoms with Crippen LogP contribution in [0.4, 0.5) is 0 Å². The van der Waals surface area contributed by atoms with Gasteiger partial charge in [0.2, 0.25) is 0 Å². The van der Waals surface area contributed by atoms with Gasteiger partial charge in [0, 0.05) is 5.92 Å². The molecule has 2 aromatic rings. The van der Waals surface area contributed by atoms with Crippen LogP contribution in [-0.2, 0) is 11.3 Å². The molecule has 1 heterocycles. The van der Waals surface area contributed by atoms with Gasteiger partial charge in [-0.1, -0.05) is 43.7 Å². The standard InChI is InChI=1S/C26H30O5/c1-15-11-16(2)24-17(3)21(15)14-31-25(24)20-9-10-22(23(12-20)29-4)30-13-18-5-7-19(8-6-18)26(27)28/h5-12,15,17,21,24-25H,13-14H2,1-4H3,(H,27,28)/t15-,17+,21-,24-,25-/m0/s1. The molecule has 0 radical (unpaired) electrons. The third kappa shape index (κ3) is 4.19. The molecule has 4 rings (SSSR count). The van der Waals surface area contributed by atoms with Crippen molar-refractivity contribution >= 4 is 5.97 Å². The van der Waals surface area contributed by atoms with Gasteiger partial charge in [0.15, 0.2) is 11.5 Å². The molecule has 0 saturated carbocycles. The van der Waals surface area contributed by atoms with Crippen molar-refractivity contribution in [2.24, 2.45) is 23.7 Å². The van der Waals surface area contributed by atoms with Gasteiger partial charge in [-0.3, -0.25) is 0 Å². The van der Waals surface area contributed by atoms with Crippen LogP contribution in [0.15, 0.2) is 54.1 Å². The Morgan fingerprint density at radius 3 is 2.55 bits per heavy atom. The number of allylic oxidation sites excluding steroid dienone is 1. The molecule has 164 valence electrons. The molecule has 1 N–H and O–H groups in total. The van der Waals surface area contributed by atoms with E-state index >= 15 is 0 Å². The van der Waals surface area contributed by atoms with E-state index in [-0.39, 0.29) is 11.7 Å². The lowest BCUT2D eigenvalue weighted by Gasteiger charge is -2.47. The monoisotopic (exact) mass is 422 g/mol. The fourth-order valence-electron chi connectivity index (χ4n) is 5.13. The van der Waals surface area contributed by atoms with Crippen LogP contribution in [0.3, 0.4) is 0 Å². The number of carbonyl (C=O) groups is 1. The molecule has 1 aliphatic carbocycles. The summed E-state index contributed by atoms with van der Waals surface area (Å²) in [5.41, 5.74) is 3.66. The first-order valence-corrected chi connectivity index (χ1v) is 10.8. The van der Waals surface area contributed by atoms with Gasteiger partial charge in [0.05, 0.1) is 25.4 Å². The lowest BCUT2D eigenvalue weighted by atomic mass is 9.64. The van der Waals surface area contributed by atoms with E-state index in [1.54, 1.807) is 31.4 Å². The Labute approximate surface area is 183 Å². The molecule has 5 nitrogen and oxygen atoms in total. The fraction of sp³-hybridized carbons (Fsp3) is 0.423. The molecular formula is C26H30O5. The van der Waals surface area contributed by atoms with E-state index in [2.05, 4.69) is 32.9 Å². The fourth-order valence-corrected chi connectivity index (χ4v) is 5.13. The number of carboxylic acids is 1. The first-order valence-electron chi connectivity index (χ1n) is 10.8. The zero-order valence-electron chi connectivity index (χ0n) is 18.5. The Hall–Kier alpha value is -2.79. The number of hydrogen-bond donors (Lipinski definition) is 1. The van der Waals surface area contributed by atoms with Crippen molar-refractivity contribution in [3.63, 3.8) is 0 Å². The summed E-state index contributed by atoms with van der Waals surface area (Å²) >= 11 is 0. The molecule has 0 unspecified atom stereocenters. The van der Waals surface area contributed by atoms with Crippen LogP contribution in [0.1, 0.15) is 48.4 Å². The van der Waals surface area contributed by atoms with Crippen LogP contribution < -0.4 is 9.47 Å². The van der Waals surface area contributed by atoms with Crippen LogP contribution in [0.25, 0.3) is 0 Å². The maximum Gasteiger partial charge on any atom is 0.335 e. The SMILES string of the molecule is COc1cc([C@@H]2OC[C@@H]3[C@@H](C)[C@@H]2C(C)=C[C@@H]3C)ccc1OCc1ccc(C(=O)O)cc1. The number of benzene rings is 2. The van der Waals surface area contributed by atoms with Crippen molar-refractivity contribution in [2.45, 2.75) is 33.5 Å². The number of ether oxygens (including phenoxy) is 3. The summed E-state index contributed by atoms with van der Waals surface area (Å²) in [6.45, 7) is 7.97. The van der Waals surface area contributed by atoms with Gasteiger partial charge < -0.3 is 19.3 Å². The van der Waals surface area contributed by atoms with E-state index < -0.39 is 5.97 Å². The highest BCUT2D eigenvalue weighted by atomic mass is 16.5. The van der Waals surface area contributed by atoms with Crippen molar-refractivity contribution in [1.82, 2.24) is 0 Å². The van der Waals surface area contributed by atoms with Crippen LogP contribution in [0, 0.1) is 23.7 Å². The summed E-state index contributed by atoms with van der Waals surface area (Å²) in [4.78, 5) is 11.0. The molecule has 1 fully saturated rings. The van der Waals surface area contributed by atoms with E-state index in [9.17, 15) is 4.79 Å². The lowest BCUT2D eigenvalue weighted by molar-refractivity contribution is -0.0935. The summed E-state index contributed by atoms with van der Waals surface area (Å²) in [5, 5.41) is 9.02. The number of rotatable bonds is 6. The molecule has 1 aliphatic heterocycles. The average Bonchev–Trinajstić information content (AvgIpc) is 2.76. The van der Waals surface area contributed by atoms with E-state index in [0.29, 0.717) is 41.8 Å². The van der Waals surface area contributed by atoms with Gasteiger partial charge in [-0.15, -0.1) is 0 Å². The lowest BCUT2D eigenvalue weighted by Crippen LogP contribution is -2.42. The summed E-state index contributed by atoms with van der Waals surface area (Å²) in [5.74, 6) is 2.47. The van der Waals surface area contributed by atoms with Crippen LogP contribution >= 0.6 is 0 Å². The van der Waals surface area contributed by atoms with Gasteiger partial charge in [-0.25, -0.2) is 4.79 Å². The molecule has 5 atom stereocenters. The largest absolute Gasteiger partial charge is 0.493 e. The van der Waals surface area contributed by atoms with Gasteiger partial charge >= 0.3 is 5.97 Å². The second kappa shape index (κ2) is 8.75. The van der Waals surface area contributed by atoms with Gasteiger partial charge in [-0.05, 0) is 60.1 Å². The zero-order chi connectivity index (χ0) is 22.1. The molecule has 5 heteroatoms. The van der Waals surface area contributed by atoms with Gasteiger partial charge in [0.25, 0.3) is 0 Å². The number of hydrogen-bond acceptors (Lipinski definition) is 4. The first-order chi connectivity index (χ1) is 14.9. The highest BCUT2D eigenvalue weighted by molar-refractivity contribution is 5.87. The normalized spacial score (nSPS) is 27.4. The van der Waals surface area contributed by atoms with E-state index in [1.807, 2.05) is 12.1 Å². The minimum absolute atomic E-state index is 0.0153. The van der Waals surface area contributed by atoms with Crippen molar-refractivity contribution < 1.29 is 24.1 Å². The molecule has 2 aromatic carbocycles. The minimum atomic E-state index is -0.937. The maximum atomic E-state index is 11.0. The van der Waals surface area contributed by atoms with Gasteiger partial charge in [0.1, 0.15) is 6.61 Å². The summed E-state index contributed by atoms with van der Waals surface area (Å²) in [7, 11) is 1.64. The van der Waals surface area contributed by atoms with Crippen LogP contribution in [-0.4, -0.2) is 24.8 Å². The Bertz CT molecular complexity index is 978. The Kier molecular flexibility index (Phi) is 6.05. The Morgan fingerprint density at radius 2 is 1.87 bits per heavy atom. The summed E-state index contributed by atoms with van der Waals surface area (Å²) in [6, 6.07) is 12.7. The summed E-state index contributed by atoms with van der Waals surface area (Å²) in [6.07, 6.45) is 2.43. The third-order valence-electron chi connectivity index (χ3n) is 6.87. The molecule has 0 spiro atoms. The summed E-state index contributed by atoms with van der Waals surface area (Å²) < 4.78 is 17.9. The average molecular weight is 423 g/mol. The number of carboxylic acid groups (broad SMARTS) is 1. The molecule has 1 saturated heterocycles. The highest BCUT2D eigenvalue weighted by Gasteiger charge is 2.43. The number of methoxy groups -OCH3 is 1. The Morgan fingerprint density at radius 1 is 1.13 bits per heavy atom. The highest BCUT2D eigenvalue weighted by Crippen LogP contribution is 2.50. The second-order valence-electron chi connectivity index (χ2n) is 8.77. The second-order valence-corrected chi connectivity index (χ2v) is 8.77. The predicted molar refractivity (Wildman–Crippen MR) is 118 cm³/mol. The smallest absolute Gasteiger partial charge is 0.335 e. The molecule has 0 aromatic heterocycles. The topological polar surface area (TPSA) is 65.0 Å². The zero-order valence-corrected chi connectivity index (χ0v) is 18.5. The Balaban J connectivity index is 1.52. The van der Waals surface area contributed by atoms with E-state index in [0.717, 1.165) is 17.7 Å². The molecule has 2 aliphatic rings. The van der Waals surface area contributed by atoms with Crippen molar-refractivity contribution in [1.29, 1.82) is 0 Å². The van der Waals surface area contributed by atoms with Crippen molar-refractivity contribution in [2.75, 3.05) is 13.7 Å². The molecule has 2 bridgehead atoms. The van der Waals surface area contributed by atoms with E-state index in [1.165, 1.54) is 5.57 Å². The maximum absolute atomic E-state index is 11.0. The number of fused-ring (bicyclic) bond motifs is 2. The quantitative estimate of drug-likeness (QED) is 0.622. The first kappa shape index (κ1) is 21.4. The third-order valence-corrected chi connectivity index (χ3v) is 6.87. The molecular weight excluding hydrogens is 392 g/mol. The van der Waals surface area contributed by atoms with Crippen LogP contribution in [0.2, 0.25) is 0 Å². The molecule has 31 heavy (non-hydrogen) atoms. The van der Waals surface area contributed by atoms with Crippen molar-refractivity contribution in [3.05, 3.63) is 70.8 Å². The number of aromatic carboxylic acids is 1. The van der Waals surface area contributed by atoms with E-state index in [4.69, 9.17) is 19.3 Å². The van der Waals surface area contributed by atoms with Gasteiger partial charge in [-0.2, -0.15) is 0 Å². The van der Waals surface area contributed by atoms with Crippen molar-refractivity contribution in [3.8, 4) is 11.5 Å². The predicted octanol–water partition coefficient (Wildman–Crippen LogP) is 5.51. The molecule has 0 amide bonds. The van der Waals surface area contributed by atoms with Crippen LogP contribution in [0.5, 0.6) is 11.5 Å². The minimum Gasteiger partial charge on any atom is -0.493 e.